The average molecular weight is 249 g/mol. The average Bonchev–Trinajstić information content (AvgIpc) is 2.28. The standard InChI is InChI=1S/C15H23NO2/c1-10-5-4-6-13(7-10)18-15-14(9-17)11(2)8-12(3)16-15/h8,10,13,17H,4-7,9H2,1-3H3. The van der Waals surface area contributed by atoms with Gasteiger partial charge in [-0.1, -0.05) is 13.3 Å². The summed E-state index contributed by atoms with van der Waals surface area (Å²) in [5.74, 6) is 1.36. The zero-order valence-corrected chi connectivity index (χ0v) is 11.6. The van der Waals surface area contributed by atoms with E-state index in [1.165, 1.54) is 12.8 Å². The molecule has 0 aromatic carbocycles. The molecule has 3 heteroatoms. The maximum absolute atomic E-state index is 9.45. The first kappa shape index (κ1) is 13.3. The van der Waals surface area contributed by atoms with Gasteiger partial charge in [0.05, 0.1) is 6.61 Å². The van der Waals surface area contributed by atoms with Gasteiger partial charge in [0.1, 0.15) is 6.10 Å². The number of nitrogens with zero attached hydrogens (tertiary/aromatic N) is 1. The van der Waals surface area contributed by atoms with Crippen molar-refractivity contribution in [3.05, 3.63) is 22.9 Å². The van der Waals surface area contributed by atoms with Gasteiger partial charge in [0.2, 0.25) is 5.88 Å². The van der Waals surface area contributed by atoms with Crippen molar-refractivity contribution in [2.45, 2.75) is 59.2 Å². The maximum atomic E-state index is 9.45. The van der Waals surface area contributed by atoms with Crippen molar-refractivity contribution in [1.29, 1.82) is 0 Å². The molecular weight excluding hydrogens is 226 g/mol. The van der Waals surface area contributed by atoms with E-state index in [0.717, 1.165) is 35.6 Å². The van der Waals surface area contributed by atoms with Crippen LogP contribution in [0.3, 0.4) is 0 Å². The van der Waals surface area contributed by atoms with E-state index in [4.69, 9.17) is 4.74 Å². The van der Waals surface area contributed by atoms with Crippen molar-refractivity contribution in [3.63, 3.8) is 0 Å². The molecule has 1 N–H and O–H groups in total. The molecule has 1 saturated carbocycles. The van der Waals surface area contributed by atoms with E-state index in [9.17, 15) is 5.11 Å². The number of hydrogen-bond donors (Lipinski definition) is 1. The molecule has 1 aromatic rings. The highest BCUT2D eigenvalue weighted by Crippen LogP contribution is 2.29. The molecule has 100 valence electrons. The summed E-state index contributed by atoms with van der Waals surface area (Å²) in [6, 6.07) is 1.99. The molecule has 1 fully saturated rings. The predicted molar refractivity (Wildman–Crippen MR) is 71.7 cm³/mol. The largest absolute Gasteiger partial charge is 0.474 e. The summed E-state index contributed by atoms with van der Waals surface area (Å²) in [6.07, 6.45) is 4.98. The normalized spacial score (nSPS) is 24.0. The first-order chi connectivity index (χ1) is 8.60. The molecule has 2 rings (SSSR count). The van der Waals surface area contributed by atoms with Crippen LogP contribution in [0.2, 0.25) is 0 Å². The molecule has 1 aliphatic rings. The molecule has 0 amide bonds. The number of pyridine rings is 1. The summed E-state index contributed by atoms with van der Waals surface area (Å²) in [4.78, 5) is 4.44. The number of rotatable bonds is 3. The Morgan fingerprint density at radius 2 is 2.17 bits per heavy atom. The van der Waals surface area contributed by atoms with Crippen LogP contribution in [0.5, 0.6) is 5.88 Å². The van der Waals surface area contributed by atoms with Crippen molar-refractivity contribution in [2.24, 2.45) is 5.92 Å². The van der Waals surface area contributed by atoms with Crippen LogP contribution in [0.15, 0.2) is 6.07 Å². The molecule has 1 aromatic heterocycles. The van der Waals surface area contributed by atoms with Crippen LogP contribution >= 0.6 is 0 Å². The molecule has 1 heterocycles. The van der Waals surface area contributed by atoms with Crippen LogP contribution in [-0.2, 0) is 6.61 Å². The monoisotopic (exact) mass is 249 g/mol. The lowest BCUT2D eigenvalue weighted by Crippen LogP contribution is -2.25. The Kier molecular flexibility index (Phi) is 4.23. The Balaban J connectivity index is 2.17. The van der Waals surface area contributed by atoms with Crippen LogP contribution < -0.4 is 4.74 Å². The van der Waals surface area contributed by atoms with Gasteiger partial charge in [0, 0.05) is 11.3 Å². The molecule has 0 spiro atoms. The third-order valence-electron chi connectivity index (χ3n) is 3.76. The van der Waals surface area contributed by atoms with E-state index in [1.807, 2.05) is 19.9 Å². The smallest absolute Gasteiger partial charge is 0.219 e. The molecule has 0 aliphatic heterocycles. The lowest BCUT2D eigenvalue weighted by Gasteiger charge is -2.27. The fraction of sp³-hybridized carbons (Fsp3) is 0.667. The Morgan fingerprint density at radius 3 is 2.83 bits per heavy atom. The van der Waals surface area contributed by atoms with E-state index in [1.54, 1.807) is 0 Å². The van der Waals surface area contributed by atoms with Gasteiger partial charge in [0.15, 0.2) is 0 Å². The van der Waals surface area contributed by atoms with Crippen LogP contribution in [0.4, 0.5) is 0 Å². The van der Waals surface area contributed by atoms with Crippen molar-refractivity contribution >= 4 is 0 Å². The summed E-state index contributed by atoms with van der Waals surface area (Å²) in [7, 11) is 0. The Labute approximate surface area is 109 Å². The van der Waals surface area contributed by atoms with Crippen molar-refractivity contribution in [3.8, 4) is 5.88 Å². The predicted octanol–water partition coefficient (Wildman–Crippen LogP) is 3.15. The minimum Gasteiger partial charge on any atom is -0.474 e. The van der Waals surface area contributed by atoms with E-state index >= 15 is 0 Å². The molecule has 3 nitrogen and oxygen atoms in total. The molecule has 2 atom stereocenters. The highest BCUT2D eigenvalue weighted by Gasteiger charge is 2.22. The van der Waals surface area contributed by atoms with E-state index in [0.29, 0.717) is 5.88 Å². The molecule has 0 saturated heterocycles. The zero-order valence-electron chi connectivity index (χ0n) is 11.6. The fourth-order valence-corrected chi connectivity index (χ4v) is 2.76. The number of aromatic nitrogens is 1. The Bertz CT molecular complexity index is 417. The van der Waals surface area contributed by atoms with Crippen LogP contribution in [0, 0.1) is 19.8 Å². The lowest BCUT2D eigenvalue weighted by molar-refractivity contribution is 0.119. The van der Waals surface area contributed by atoms with Gasteiger partial charge in [-0.3, -0.25) is 0 Å². The van der Waals surface area contributed by atoms with Crippen molar-refractivity contribution < 1.29 is 9.84 Å². The summed E-state index contributed by atoms with van der Waals surface area (Å²) < 4.78 is 6.04. The summed E-state index contributed by atoms with van der Waals surface area (Å²) in [5.41, 5.74) is 2.84. The molecule has 18 heavy (non-hydrogen) atoms. The van der Waals surface area contributed by atoms with E-state index in [2.05, 4.69) is 11.9 Å². The number of aryl methyl sites for hydroxylation is 2. The summed E-state index contributed by atoms with van der Waals surface area (Å²) >= 11 is 0. The second-order valence-electron chi connectivity index (χ2n) is 5.53. The first-order valence-electron chi connectivity index (χ1n) is 6.84. The van der Waals surface area contributed by atoms with Crippen LogP contribution in [-0.4, -0.2) is 16.2 Å². The number of ether oxygens (including phenoxy) is 1. The summed E-state index contributed by atoms with van der Waals surface area (Å²) in [6.45, 7) is 6.23. The van der Waals surface area contributed by atoms with Gasteiger partial charge in [-0.05, 0) is 50.7 Å². The highest BCUT2D eigenvalue weighted by molar-refractivity contribution is 5.35. The second-order valence-corrected chi connectivity index (χ2v) is 5.53. The van der Waals surface area contributed by atoms with Gasteiger partial charge < -0.3 is 9.84 Å². The Hall–Kier alpha value is -1.09. The van der Waals surface area contributed by atoms with Crippen molar-refractivity contribution in [1.82, 2.24) is 4.98 Å². The quantitative estimate of drug-likeness (QED) is 0.894. The number of aliphatic hydroxyl groups is 1. The molecule has 0 radical (unpaired) electrons. The van der Waals surface area contributed by atoms with Gasteiger partial charge in [-0.2, -0.15) is 0 Å². The molecule has 0 bridgehead atoms. The molecule has 1 aliphatic carbocycles. The molecule has 2 unspecified atom stereocenters. The fourth-order valence-electron chi connectivity index (χ4n) is 2.76. The second kappa shape index (κ2) is 5.70. The van der Waals surface area contributed by atoms with E-state index in [-0.39, 0.29) is 12.7 Å². The van der Waals surface area contributed by atoms with Crippen molar-refractivity contribution in [2.75, 3.05) is 0 Å². The Morgan fingerprint density at radius 1 is 1.39 bits per heavy atom. The SMILES string of the molecule is Cc1cc(C)c(CO)c(OC2CCCC(C)C2)n1. The highest BCUT2D eigenvalue weighted by atomic mass is 16.5. The van der Waals surface area contributed by atoms with Gasteiger partial charge in [-0.15, -0.1) is 0 Å². The minimum absolute atomic E-state index is 0.00325. The molecular formula is C15H23NO2. The third-order valence-corrected chi connectivity index (χ3v) is 3.76. The third kappa shape index (κ3) is 3.02. The topological polar surface area (TPSA) is 42.4 Å². The number of aliphatic hydroxyl groups excluding tert-OH is 1. The first-order valence-corrected chi connectivity index (χ1v) is 6.84. The van der Waals surface area contributed by atoms with E-state index < -0.39 is 0 Å². The minimum atomic E-state index is -0.00325. The number of hydrogen-bond acceptors (Lipinski definition) is 3. The summed E-state index contributed by atoms with van der Waals surface area (Å²) in [5, 5.41) is 9.45. The van der Waals surface area contributed by atoms with Gasteiger partial charge in [-0.25, -0.2) is 4.98 Å². The maximum Gasteiger partial charge on any atom is 0.219 e. The van der Waals surface area contributed by atoms with Gasteiger partial charge >= 0.3 is 0 Å². The zero-order chi connectivity index (χ0) is 13.1. The van der Waals surface area contributed by atoms with Gasteiger partial charge in [0.25, 0.3) is 0 Å². The van der Waals surface area contributed by atoms with Crippen LogP contribution in [0.25, 0.3) is 0 Å². The lowest BCUT2D eigenvalue weighted by atomic mass is 9.89. The van der Waals surface area contributed by atoms with Crippen LogP contribution in [0.1, 0.15) is 49.4 Å².